The molecule has 1 unspecified atom stereocenters. The first-order valence-electron chi connectivity index (χ1n) is 12.3. The second-order valence-electron chi connectivity index (χ2n) is 9.15. The number of aromatic nitrogens is 1. The minimum Gasteiger partial charge on any atom is -0.436 e. The number of benzene rings is 2. The third-order valence-electron chi connectivity index (χ3n) is 6.22. The molecule has 0 aliphatic carbocycles. The van der Waals surface area contributed by atoms with Gasteiger partial charge in [0.15, 0.2) is 5.75 Å². The Bertz CT molecular complexity index is 1240. The predicted octanol–water partition coefficient (Wildman–Crippen LogP) is 4.58. The molecule has 38 heavy (non-hydrogen) atoms. The molecule has 10 heteroatoms. The lowest BCUT2D eigenvalue weighted by Gasteiger charge is -2.34. The maximum atomic E-state index is 13.4. The van der Waals surface area contributed by atoms with Gasteiger partial charge in [-0.05, 0) is 49.4 Å². The third kappa shape index (κ3) is 7.23. The Morgan fingerprint density at radius 1 is 1.05 bits per heavy atom. The largest absolute Gasteiger partial charge is 0.436 e. The van der Waals surface area contributed by atoms with E-state index in [0.717, 1.165) is 18.7 Å². The smallest absolute Gasteiger partial charge is 0.257 e. The number of nitrogens with one attached hydrogen (secondary N) is 1. The second kappa shape index (κ2) is 13.1. The van der Waals surface area contributed by atoms with Crippen LogP contribution in [0.2, 0.25) is 10.0 Å². The molecule has 1 saturated heterocycles. The summed E-state index contributed by atoms with van der Waals surface area (Å²) in [6.07, 6.45) is 1.51. The topological polar surface area (TPSA) is 84.0 Å². The van der Waals surface area contributed by atoms with Crippen LogP contribution in [0.25, 0.3) is 0 Å². The number of pyridine rings is 1. The highest BCUT2D eigenvalue weighted by atomic mass is 35.5. The molecule has 1 aromatic heterocycles. The third-order valence-corrected chi connectivity index (χ3v) is 6.72. The van der Waals surface area contributed by atoms with E-state index < -0.39 is 11.9 Å². The van der Waals surface area contributed by atoms with Gasteiger partial charge in [0.25, 0.3) is 5.91 Å². The number of likely N-dealkylation sites (N-methyl/N-ethyl adjacent to an activating group) is 1. The van der Waals surface area contributed by atoms with Crippen LogP contribution >= 0.6 is 23.2 Å². The zero-order chi connectivity index (χ0) is 27.1. The number of rotatable bonds is 9. The van der Waals surface area contributed by atoms with Crippen molar-refractivity contribution in [3.63, 3.8) is 0 Å². The van der Waals surface area contributed by atoms with Crippen molar-refractivity contribution in [1.29, 1.82) is 0 Å². The van der Waals surface area contributed by atoms with Crippen LogP contribution in [0, 0.1) is 6.92 Å². The van der Waals surface area contributed by atoms with Crippen molar-refractivity contribution in [3.8, 4) is 11.6 Å². The normalized spacial score (nSPS) is 14.7. The SMILES string of the molecule is Cc1cc(Cl)cc(Cl)c1Oc1ncccc1C(=O)NC(COCc1ccccc1)C(=O)N1CCN(C)CC1. The summed E-state index contributed by atoms with van der Waals surface area (Å²) in [5, 5.41) is 3.62. The summed E-state index contributed by atoms with van der Waals surface area (Å²) >= 11 is 12.4. The average Bonchev–Trinajstić information content (AvgIpc) is 2.91. The fourth-order valence-corrected chi connectivity index (χ4v) is 4.72. The molecule has 2 aromatic carbocycles. The lowest BCUT2D eigenvalue weighted by atomic mass is 10.2. The zero-order valence-corrected chi connectivity index (χ0v) is 22.8. The summed E-state index contributed by atoms with van der Waals surface area (Å²) in [5.41, 5.74) is 1.83. The van der Waals surface area contributed by atoms with E-state index in [4.69, 9.17) is 32.7 Å². The molecule has 2 amide bonds. The van der Waals surface area contributed by atoms with Crippen LogP contribution in [0.1, 0.15) is 21.5 Å². The highest BCUT2D eigenvalue weighted by Crippen LogP contribution is 2.35. The number of amides is 2. The predicted molar refractivity (Wildman–Crippen MR) is 147 cm³/mol. The molecule has 0 bridgehead atoms. The summed E-state index contributed by atoms with van der Waals surface area (Å²) in [6, 6.07) is 15.2. The van der Waals surface area contributed by atoms with Gasteiger partial charge in [0, 0.05) is 37.4 Å². The minimum atomic E-state index is -0.886. The van der Waals surface area contributed by atoms with E-state index in [1.165, 1.54) is 6.20 Å². The Hall–Kier alpha value is -3.17. The van der Waals surface area contributed by atoms with Crippen LogP contribution in [-0.2, 0) is 16.1 Å². The number of ether oxygens (including phenoxy) is 2. The molecule has 2 heterocycles. The lowest BCUT2D eigenvalue weighted by molar-refractivity contribution is -0.136. The summed E-state index contributed by atoms with van der Waals surface area (Å²) < 4.78 is 11.8. The van der Waals surface area contributed by atoms with E-state index >= 15 is 0 Å². The Morgan fingerprint density at radius 3 is 2.50 bits per heavy atom. The molecule has 0 saturated carbocycles. The molecule has 4 rings (SSSR count). The summed E-state index contributed by atoms with van der Waals surface area (Å²) in [6.45, 7) is 4.82. The molecule has 200 valence electrons. The number of halogens is 2. The van der Waals surface area contributed by atoms with Gasteiger partial charge in [-0.25, -0.2) is 4.98 Å². The molecule has 0 radical (unpaired) electrons. The molecule has 8 nitrogen and oxygen atoms in total. The highest BCUT2D eigenvalue weighted by Gasteiger charge is 2.29. The van der Waals surface area contributed by atoms with E-state index in [9.17, 15) is 9.59 Å². The quantitative estimate of drug-likeness (QED) is 0.415. The van der Waals surface area contributed by atoms with Crippen LogP contribution < -0.4 is 10.1 Å². The van der Waals surface area contributed by atoms with E-state index in [0.29, 0.717) is 41.1 Å². The minimum absolute atomic E-state index is 0.0182. The van der Waals surface area contributed by atoms with Crippen LogP contribution in [0.5, 0.6) is 11.6 Å². The van der Waals surface area contributed by atoms with Gasteiger partial charge in [0.05, 0.1) is 18.2 Å². The van der Waals surface area contributed by atoms with Crippen molar-refractivity contribution >= 4 is 35.0 Å². The van der Waals surface area contributed by atoms with Gasteiger partial charge >= 0.3 is 0 Å². The number of carbonyl (C=O) groups excluding carboxylic acids is 2. The van der Waals surface area contributed by atoms with E-state index in [1.807, 2.05) is 37.4 Å². The Morgan fingerprint density at radius 2 is 1.79 bits per heavy atom. The van der Waals surface area contributed by atoms with Gasteiger partial charge in [0.2, 0.25) is 11.8 Å². The molecule has 1 aliphatic rings. The van der Waals surface area contributed by atoms with Gasteiger partial charge in [-0.1, -0.05) is 53.5 Å². The first-order valence-corrected chi connectivity index (χ1v) is 13.1. The molecule has 1 aliphatic heterocycles. The zero-order valence-electron chi connectivity index (χ0n) is 21.3. The van der Waals surface area contributed by atoms with Gasteiger partial charge in [0.1, 0.15) is 11.6 Å². The second-order valence-corrected chi connectivity index (χ2v) is 9.99. The molecular weight excluding hydrogens is 527 g/mol. The fourth-order valence-electron chi connectivity index (χ4n) is 4.09. The molecule has 3 aromatic rings. The van der Waals surface area contributed by atoms with Crippen LogP contribution in [0.15, 0.2) is 60.8 Å². The Kier molecular flexibility index (Phi) is 9.58. The standard InChI is InChI=1S/C28H30Cl2N4O4/c1-19-15-21(29)16-23(30)25(19)38-27-22(9-6-10-31-27)26(35)32-24(18-37-17-20-7-4-3-5-8-20)28(36)34-13-11-33(2)12-14-34/h3-10,15-16,24H,11-14,17-18H2,1-2H3,(H,32,35). The van der Waals surface area contributed by atoms with Crippen LogP contribution in [0.3, 0.4) is 0 Å². The van der Waals surface area contributed by atoms with Crippen molar-refractivity contribution in [3.05, 3.63) is 87.5 Å². The molecular formula is C28H30Cl2N4O4. The van der Waals surface area contributed by atoms with E-state index in [2.05, 4.69) is 15.2 Å². The number of carbonyl (C=O) groups is 2. The van der Waals surface area contributed by atoms with Gasteiger partial charge in [-0.3, -0.25) is 9.59 Å². The summed E-state index contributed by atoms with van der Waals surface area (Å²) in [5.74, 6) is -0.289. The van der Waals surface area contributed by atoms with Gasteiger partial charge in [-0.2, -0.15) is 0 Å². The number of piperazine rings is 1. The summed E-state index contributed by atoms with van der Waals surface area (Å²) in [4.78, 5) is 35.1. The van der Waals surface area contributed by atoms with Crippen molar-refractivity contribution in [2.45, 2.75) is 19.6 Å². The Labute approximate surface area is 232 Å². The molecule has 1 N–H and O–H groups in total. The number of aryl methyl sites for hydroxylation is 1. The van der Waals surface area contributed by atoms with Crippen molar-refractivity contribution in [2.24, 2.45) is 0 Å². The number of hydrogen-bond donors (Lipinski definition) is 1. The van der Waals surface area contributed by atoms with Crippen LogP contribution in [-0.4, -0.2) is 72.5 Å². The van der Waals surface area contributed by atoms with E-state index in [1.54, 1.807) is 36.1 Å². The lowest BCUT2D eigenvalue weighted by Crippen LogP contribution is -2.55. The van der Waals surface area contributed by atoms with Crippen LogP contribution in [0.4, 0.5) is 0 Å². The Balaban J connectivity index is 1.52. The maximum Gasteiger partial charge on any atom is 0.257 e. The van der Waals surface area contributed by atoms with E-state index in [-0.39, 0.29) is 24.0 Å². The van der Waals surface area contributed by atoms with Gasteiger partial charge < -0.3 is 24.6 Å². The monoisotopic (exact) mass is 556 g/mol. The van der Waals surface area contributed by atoms with Crippen molar-refractivity contribution in [1.82, 2.24) is 20.1 Å². The molecule has 1 atom stereocenters. The van der Waals surface area contributed by atoms with Crippen molar-refractivity contribution in [2.75, 3.05) is 39.8 Å². The van der Waals surface area contributed by atoms with Crippen molar-refractivity contribution < 1.29 is 19.1 Å². The first kappa shape index (κ1) is 27.9. The average molecular weight is 557 g/mol. The molecule has 1 fully saturated rings. The number of nitrogens with zero attached hydrogens (tertiary/aromatic N) is 3. The maximum absolute atomic E-state index is 13.4. The fraction of sp³-hybridized carbons (Fsp3) is 0.321. The molecule has 0 spiro atoms. The highest BCUT2D eigenvalue weighted by molar-refractivity contribution is 6.35. The number of hydrogen-bond acceptors (Lipinski definition) is 6. The summed E-state index contributed by atoms with van der Waals surface area (Å²) in [7, 11) is 2.02. The first-order chi connectivity index (χ1) is 18.3. The van der Waals surface area contributed by atoms with Gasteiger partial charge in [-0.15, -0.1) is 0 Å².